The fourth-order valence-electron chi connectivity index (χ4n) is 1.25. The van der Waals surface area contributed by atoms with Gasteiger partial charge in [-0.15, -0.1) is 0 Å². The fraction of sp³-hybridized carbons (Fsp3) is 0.300. The van der Waals surface area contributed by atoms with Crippen molar-refractivity contribution >= 4 is 21.8 Å². The summed E-state index contributed by atoms with van der Waals surface area (Å²) in [6, 6.07) is 6.88. The van der Waals surface area contributed by atoms with Crippen LogP contribution in [0.1, 0.15) is 18.9 Å². The second-order valence-corrected chi connectivity index (χ2v) is 4.00. The second kappa shape index (κ2) is 4.11. The van der Waals surface area contributed by atoms with Crippen LogP contribution in [0.3, 0.4) is 0 Å². The molecule has 1 atom stereocenters. The molecule has 0 spiro atoms. The first-order chi connectivity index (χ1) is 6.50. The highest BCUT2D eigenvalue weighted by Crippen LogP contribution is 2.25. The number of benzene rings is 1. The Balaban J connectivity index is 3.13. The number of nitrogens with two attached hydrogens (primary N) is 1. The number of aliphatic hydroxyl groups is 1. The van der Waals surface area contributed by atoms with Crippen molar-refractivity contribution < 1.29 is 9.90 Å². The van der Waals surface area contributed by atoms with Crippen molar-refractivity contribution in [3.05, 3.63) is 34.3 Å². The fourth-order valence-corrected chi connectivity index (χ4v) is 1.51. The molecule has 0 saturated heterocycles. The number of rotatable bonds is 3. The lowest BCUT2D eigenvalue weighted by molar-refractivity contribution is -0.137. The smallest absolute Gasteiger partial charge is 0.254 e. The van der Waals surface area contributed by atoms with Gasteiger partial charge in [-0.25, -0.2) is 0 Å². The minimum Gasteiger partial charge on any atom is -0.375 e. The van der Waals surface area contributed by atoms with Crippen molar-refractivity contribution in [1.29, 1.82) is 0 Å². The van der Waals surface area contributed by atoms with E-state index >= 15 is 0 Å². The molecular weight excluding hydrogens is 246 g/mol. The van der Waals surface area contributed by atoms with Gasteiger partial charge in [0.1, 0.15) is 0 Å². The summed E-state index contributed by atoms with van der Waals surface area (Å²) < 4.78 is 0.893. The van der Waals surface area contributed by atoms with Crippen LogP contribution in [0.2, 0.25) is 0 Å². The van der Waals surface area contributed by atoms with Gasteiger partial charge < -0.3 is 10.8 Å². The van der Waals surface area contributed by atoms with Crippen molar-refractivity contribution in [3.63, 3.8) is 0 Å². The van der Waals surface area contributed by atoms with Crippen LogP contribution in [0, 0.1) is 0 Å². The molecule has 0 fully saturated rings. The van der Waals surface area contributed by atoms with E-state index in [4.69, 9.17) is 5.73 Å². The molecular formula is C10H12BrNO2. The van der Waals surface area contributed by atoms with Crippen LogP contribution >= 0.6 is 15.9 Å². The van der Waals surface area contributed by atoms with Crippen LogP contribution in [-0.2, 0) is 10.4 Å². The summed E-state index contributed by atoms with van der Waals surface area (Å²) in [6.45, 7) is 1.72. The molecule has 14 heavy (non-hydrogen) atoms. The molecule has 0 heterocycles. The number of hydrogen-bond acceptors (Lipinski definition) is 2. The van der Waals surface area contributed by atoms with Crippen molar-refractivity contribution in [2.24, 2.45) is 5.73 Å². The molecule has 1 rings (SSSR count). The van der Waals surface area contributed by atoms with Gasteiger partial charge >= 0.3 is 0 Å². The van der Waals surface area contributed by atoms with Crippen molar-refractivity contribution in [2.45, 2.75) is 18.9 Å². The Labute approximate surface area is 91.1 Å². The highest BCUT2D eigenvalue weighted by atomic mass is 79.9. The van der Waals surface area contributed by atoms with Crippen LogP contribution in [-0.4, -0.2) is 11.0 Å². The van der Waals surface area contributed by atoms with Gasteiger partial charge in [0.25, 0.3) is 5.91 Å². The molecule has 3 nitrogen and oxygen atoms in total. The van der Waals surface area contributed by atoms with Gasteiger partial charge in [0, 0.05) is 4.47 Å². The van der Waals surface area contributed by atoms with E-state index in [1.165, 1.54) is 0 Å². The summed E-state index contributed by atoms with van der Waals surface area (Å²) >= 11 is 3.27. The largest absolute Gasteiger partial charge is 0.375 e. The van der Waals surface area contributed by atoms with Crippen LogP contribution in [0.5, 0.6) is 0 Å². The summed E-state index contributed by atoms with van der Waals surface area (Å²) in [5.74, 6) is -0.720. The quantitative estimate of drug-likeness (QED) is 0.863. The first kappa shape index (κ1) is 11.2. The molecule has 3 N–H and O–H groups in total. The van der Waals surface area contributed by atoms with Crippen LogP contribution in [0.4, 0.5) is 0 Å². The second-order valence-electron chi connectivity index (χ2n) is 3.08. The highest BCUT2D eigenvalue weighted by molar-refractivity contribution is 9.10. The summed E-state index contributed by atoms with van der Waals surface area (Å²) in [5, 5.41) is 9.97. The Hall–Kier alpha value is -0.870. The standard InChI is InChI=1S/C10H12BrNO2/c1-2-10(14,9(12)13)7-3-5-8(11)6-4-7/h3-6,14H,2H2,1H3,(H2,12,13)/t10-/m0/s1. The lowest BCUT2D eigenvalue weighted by Gasteiger charge is -2.23. The molecule has 0 aromatic heterocycles. The first-order valence-electron chi connectivity index (χ1n) is 4.29. The first-order valence-corrected chi connectivity index (χ1v) is 5.08. The Morgan fingerprint density at radius 1 is 1.50 bits per heavy atom. The molecule has 4 heteroatoms. The normalized spacial score (nSPS) is 14.8. The van der Waals surface area contributed by atoms with E-state index in [9.17, 15) is 9.90 Å². The van der Waals surface area contributed by atoms with Gasteiger partial charge in [-0.1, -0.05) is 35.0 Å². The van der Waals surface area contributed by atoms with Gasteiger partial charge in [-0.05, 0) is 24.1 Å². The lowest BCUT2D eigenvalue weighted by Crippen LogP contribution is -2.40. The summed E-state index contributed by atoms with van der Waals surface area (Å²) in [7, 11) is 0. The molecule has 0 bridgehead atoms. The minimum absolute atomic E-state index is 0.268. The predicted molar refractivity (Wildman–Crippen MR) is 57.5 cm³/mol. The van der Waals surface area contributed by atoms with Gasteiger partial charge in [0.15, 0.2) is 5.60 Å². The van der Waals surface area contributed by atoms with E-state index in [2.05, 4.69) is 15.9 Å². The number of primary amides is 1. The van der Waals surface area contributed by atoms with E-state index in [1.54, 1.807) is 31.2 Å². The third-order valence-corrected chi connectivity index (χ3v) is 2.77. The Morgan fingerprint density at radius 2 is 2.00 bits per heavy atom. The van der Waals surface area contributed by atoms with Crippen LogP contribution < -0.4 is 5.73 Å². The van der Waals surface area contributed by atoms with Crippen LogP contribution in [0.15, 0.2) is 28.7 Å². The molecule has 76 valence electrons. The van der Waals surface area contributed by atoms with Crippen molar-refractivity contribution in [1.82, 2.24) is 0 Å². The van der Waals surface area contributed by atoms with E-state index in [0.29, 0.717) is 5.56 Å². The lowest BCUT2D eigenvalue weighted by atomic mass is 9.91. The van der Waals surface area contributed by atoms with Crippen LogP contribution in [0.25, 0.3) is 0 Å². The zero-order valence-electron chi connectivity index (χ0n) is 7.83. The third kappa shape index (κ3) is 1.96. The third-order valence-electron chi connectivity index (χ3n) is 2.24. The maximum Gasteiger partial charge on any atom is 0.254 e. The Kier molecular flexibility index (Phi) is 3.29. The average Bonchev–Trinajstić information content (AvgIpc) is 2.17. The Morgan fingerprint density at radius 3 is 2.36 bits per heavy atom. The van der Waals surface area contributed by atoms with Gasteiger partial charge in [-0.3, -0.25) is 4.79 Å². The molecule has 0 aliphatic rings. The molecule has 0 aliphatic heterocycles. The zero-order valence-corrected chi connectivity index (χ0v) is 9.41. The van der Waals surface area contributed by atoms with E-state index in [1.807, 2.05) is 0 Å². The molecule has 1 amide bonds. The SMILES string of the molecule is CC[C@@](O)(C(N)=O)c1ccc(Br)cc1. The number of halogens is 1. The number of hydrogen-bond donors (Lipinski definition) is 2. The maximum absolute atomic E-state index is 11.1. The minimum atomic E-state index is -1.55. The predicted octanol–water partition coefficient (Wildman–Crippen LogP) is 1.53. The van der Waals surface area contributed by atoms with Crippen molar-refractivity contribution in [2.75, 3.05) is 0 Å². The molecule has 0 aliphatic carbocycles. The summed E-state index contributed by atoms with van der Waals surface area (Å²) in [6.07, 6.45) is 0.268. The Bertz CT molecular complexity index is 336. The number of amides is 1. The molecule has 1 aromatic rings. The molecule has 0 unspecified atom stereocenters. The maximum atomic E-state index is 11.1. The van der Waals surface area contributed by atoms with E-state index < -0.39 is 11.5 Å². The zero-order chi connectivity index (χ0) is 10.8. The molecule has 1 aromatic carbocycles. The summed E-state index contributed by atoms with van der Waals surface area (Å²) in [5.41, 5.74) is 4.12. The number of carbonyl (C=O) groups excluding carboxylic acids is 1. The monoisotopic (exact) mass is 257 g/mol. The highest BCUT2D eigenvalue weighted by Gasteiger charge is 2.33. The van der Waals surface area contributed by atoms with E-state index in [-0.39, 0.29) is 6.42 Å². The van der Waals surface area contributed by atoms with Gasteiger partial charge in [0.05, 0.1) is 0 Å². The summed E-state index contributed by atoms with van der Waals surface area (Å²) in [4.78, 5) is 11.1. The molecule has 0 saturated carbocycles. The van der Waals surface area contributed by atoms with E-state index in [0.717, 1.165) is 4.47 Å². The molecule has 0 radical (unpaired) electrons. The average molecular weight is 258 g/mol. The topological polar surface area (TPSA) is 63.3 Å². The van der Waals surface area contributed by atoms with Gasteiger partial charge in [0.2, 0.25) is 0 Å². The number of carbonyl (C=O) groups is 1. The van der Waals surface area contributed by atoms with Gasteiger partial charge in [-0.2, -0.15) is 0 Å². The van der Waals surface area contributed by atoms with Crippen molar-refractivity contribution in [3.8, 4) is 0 Å².